The summed E-state index contributed by atoms with van der Waals surface area (Å²) in [5.74, 6) is 0.479. The highest BCUT2D eigenvalue weighted by Gasteiger charge is 2.28. The van der Waals surface area contributed by atoms with E-state index in [4.69, 9.17) is 0 Å². The maximum atomic E-state index is 13.0. The molecule has 1 aliphatic carbocycles. The number of amides is 1. The quantitative estimate of drug-likeness (QED) is 0.398. The number of pyridine rings is 1. The third-order valence-corrected chi connectivity index (χ3v) is 7.47. The van der Waals surface area contributed by atoms with E-state index in [9.17, 15) is 13.2 Å². The molecule has 0 spiro atoms. The second kappa shape index (κ2) is 10.4. The van der Waals surface area contributed by atoms with Gasteiger partial charge in [0.1, 0.15) is 0 Å². The first-order valence-corrected chi connectivity index (χ1v) is 13.1. The number of fused-ring (bicyclic) bond motifs is 1. The van der Waals surface area contributed by atoms with Crippen molar-refractivity contribution in [2.45, 2.75) is 56.9 Å². The number of aryl methyl sites for hydroxylation is 2. The van der Waals surface area contributed by atoms with Gasteiger partial charge in [-0.05, 0) is 78.8 Å². The molecule has 1 aliphatic rings. The highest BCUT2D eigenvalue weighted by atomic mass is 32.2. The molecule has 8 heteroatoms. The number of carbonyl (C=O) groups is 1. The molecule has 0 bridgehead atoms. The Balaban J connectivity index is 1.53. The average Bonchev–Trinajstić information content (AvgIpc) is 3.22. The molecule has 3 aromatic rings. The molecule has 0 saturated heterocycles. The number of nitrogens with zero attached hydrogens (tertiary/aromatic N) is 1. The average molecular weight is 479 g/mol. The highest BCUT2D eigenvalue weighted by Crippen LogP contribution is 2.35. The van der Waals surface area contributed by atoms with Gasteiger partial charge >= 0.3 is 0 Å². The Labute approximate surface area is 201 Å². The topological polar surface area (TPSA) is 100 Å². The van der Waals surface area contributed by atoms with Crippen LogP contribution in [0.5, 0.6) is 0 Å². The van der Waals surface area contributed by atoms with Crippen molar-refractivity contribution in [3.63, 3.8) is 0 Å². The fourth-order valence-electron chi connectivity index (χ4n) is 4.14. The van der Waals surface area contributed by atoms with Gasteiger partial charge in [-0.25, -0.2) is 18.1 Å². The number of nitrogens with one attached hydrogen (secondary N) is 3. The molecule has 0 fully saturated rings. The number of carbonyl (C=O) groups excluding carboxylic acids is 1. The summed E-state index contributed by atoms with van der Waals surface area (Å²) in [6, 6.07) is 16.2. The van der Waals surface area contributed by atoms with Crippen LogP contribution in [-0.4, -0.2) is 19.3 Å². The van der Waals surface area contributed by atoms with E-state index >= 15 is 0 Å². The SMILES string of the molecule is CCCC(=O)Nc1cccnc1Nc1ccc2c(c1)C(NS(=O)(=O)c1ccc(CC)cc1)CC2. The molecule has 1 aromatic heterocycles. The molecule has 2 aromatic carbocycles. The fraction of sp³-hybridized carbons (Fsp3) is 0.308. The molecular weight excluding hydrogens is 448 g/mol. The largest absolute Gasteiger partial charge is 0.338 e. The summed E-state index contributed by atoms with van der Waals surface area (Å²) in [7, 11) is -3.64. The molecule has 4 rings (SSSR count). The van der Waals surface area contributed by atoms with Crippen LogP contribution in [0.3, 0.4) is 0 Å². The van der Waals surface area contributed by atoms with E-state index in [1.807, 2.05) is 44.2 Å². The summed E-state index contributed by atoms with van der Waals surface area (Å²) >= 11 is 0. The maximum absolute atomic E-state index is 13.0. The number of hydrogen-bond donors (Lipinski definition) is 3. The van der Waals surface area contributed by atoms with Gasteiger partial charge in [-0.1, -0.05) is 32.0 Å². The van der Waals surface area contributed by atoms with E-state index in [1.54, 1.807) is 30.5 Å². The molecule has 7 nitrogen and oxygen atoms in total. The molecule has 178 valence electrons. The number of hydrogen-bond acceptors (Lipinski definition) is 5. The molecule has 3 N–H and O–H groups in total. The Morgan fingerprint density at radius 1 is 1.09 bits per heavy atom. The van der Waals surface area contributed by atoms with Crippen LogP contribution >= 0.6 is 0 Å². The second-order valence-electron chi connectivity index (χ2n) is 8.45. The second-order valence-corrected chi connectivity index (χ2v) is 10.2. The lowest BCUT2D eigenvalue weighted by Gasteiger charge is -2.17. The Kier molecular flexibility index (Phi) is 7.29. The van der Waals surface area contributed by atoms with E-state index < -0.39 is 10.0 Å². The summed E-state index contributed by atoms with van der Waals surface area (Å²) in [4.78, 5) is 16.7. The normalized spacial score (nSPS) is 15.1. The van der Waals surface area contributed by atoms with Crippen molar-refractivity contribution in [1.29, 1.82) is 0 Å². The van der Waals surface area contributed by atoms with Gasteiger partial charge in [0.2, 0.25) is 15.9 Å². The lowest BCUT2D eigenvalue weighted by atomic mass is 10.1. The monoisotopic (exact) mass is 478 g/mol. The predicted molar refractivity (Wildman–Crippen MR) is 135 cm³/mol. The summed E-state index contributed by atoms with van der Waals surface area (Å²) < 4.78 is 28.9. The lowest BCUT2D eigenvalue weighted by Crippen LogP contribution is -2.27. The molecule has 34 heavy (non-hydrogen) atoms. The van der Waals surface area contributed by atoms with Crippen molar-refractivity contribution < 1.29 is 13.2 Å². The van der Waals surface area contributed by atoms with Crippen molar-refractivity contribution in [2.75, 3.05) is 10.6 Å². The number of anilines is 3. The maximum Gasteiger partial charge on any atom is 0.241 e. The zero-order valence-corrected chi connectivity index (χ0v) is 20.3. The van der Waals surface area contributed by atoms with Crippen molar-refractivity contribution >= 4 is 33.1 Å². The van der Waals surface area contributed by atoms with Gasteiger partial charge in [-0.15, -0.1) is 0 Å². The molecule has 1 amide bonds. The van der Waals surface area contributed by atoms with Gasteiger partial charge in [0.15, 0.2) is 5.82 Å². The Morgan fingerprint density at radius 2 is 1.88 bits per heavy atom. The molecule has 1 atom stereocenters. The summed E-state index contributed by atoms with van der Waals surface area (Å²) in [6.07, 6.45) is 5.23. The van der Waals surface area contributed by atoms with Crippen LogP contribution in [-0.2, 0) is 27.7 Å². The zero-order chi connectivity index (χ0) is 24.1. The third kappa shape index (κ3) is 5.46. The summed E-state index contributed by atoms with van der Waals surface area (Å²) in [5.41, 5.74) is 4.56. The van der Waals surface area contributed by atoms with Crippen LogP contribution in [0, 0.1) is 0 Å². The van der Waals surface area contributed by atoms with E-state index in [0.717, 1.165) is 41.6 Å². The smallest absolute Gasteiger partial charge is 0.241 e. The van der Waals surface area contributed by atoms with Crippen LogP contribution in [0.2, 0.25) is 0 Å². The molecule has 1 unspecified atom stereocenters. The van der Waals surface area contributed by atoms with Gasteiger partial charge in [-0.2, -0.15) is 0 Å². The van der Waals surface area contributed by atoms with Crippen molar-refractivity contribution in [3.8, 4) is 0 Å². The minimum absolute atomic E-state index is 0.0612. The van der Waals surface area contributed by atoms with Gasteiger partial charge in [0.05, 0.1) is 10.6 Å². The van der Waals surface area contributed by atoms with Crippen LogP contribution in [0.1, 0.15) is 55.8 Å². The number of rotatable bonds is 9. The highest BCUT2D eigenvalue weighted by molar-refractivity contribution is 7.89. The predicted octanol–water partition coefficient (Wildman–Crippen LogP) is 5.09. The van der Waals surface area contributed by atoms with Gasteiger partial charge in [0, 0.05) is 24.3 Å². The number of benzene rings is 2. The van der Waals surface area contributed by atoms with Crippen LogP contribution in [0.15, 0.2) is 65.7 Å². The van der Waals surface area contributed by atoms with E-state index in [-0.39, 0.29) is 16.8 Å². The third-order valence-electron chi connectivity index (χ3n) is 5.98. The summed E-state index contributed by atoms with van der Waals surface area (Å²) in [5, 5.41) is 6.17. The minimum atomic E-state index is -3.64. The van der Waals surface area contributed by atoms with Crippen LogP contribution in [0.25, 0.3) is 0 Å². The van der Waals surface area contributed by atoms with E-state index in [1.165, 1.54) is 0 Å². The molecule has 0 radical (unpaired) electrons. The first-order chi connectivity index (χ1) is 16.4. The standard InChI is InChI=1S/C26H30N4O3S/c1-3-6-25(31)29-24-7-5-16-27-26(24)28-20-12-10-19-11-15-23(22(19)17-20)30-34(32,33)21-13-8-18(4-2)9-14-21/h5,7-10,12-14,16-17,23,30H,3-4,6,11,15H2,1-2H3,(H,27,28)(H,29,31). The number of aromatic nitrogens is 1. The van der Waals surface area contributed by atoms with Crippen LogP contribution < -0.4 is 15.4 Å². The first-order valence-electron chi connectivity index (χ1n) is 11.7. The Bertz CT molecular complexity index is 1270. The molecule has 0 aliphatic heterocycles. The fourth-order valence-corrected chi connectivity index (χ4v) is 5.39. The zero-order valence-electron chi connectivity index (χ0n) is 19.5. The Hall–Kier alpha value is -3.23. The first kappa shape index (κ1) is 23.9. The summed E-state index contributed by atoms with van der Waals surface area (Å²) in [6.45, 7) is 3.99. The van der Waals surface area contributed by atoms with E-state index in [2.05, 4.69) is 20.3 Å². The van der Waals surface area contributed by atoms with Gasteiger partial charge in [0.25, 0.3) is 0 Å². The molecule has 1 heterocycles. The van der Waals surface area contributed by atoms with Crippen LogP contribution in [0.4, 0.5) is 17.2 Å². The lowest BCUT2D eigenvalue weighted by molar-refractivity contribution is -0.116. The van der Waals surface area contributed by atoms with Gasteiger partial charge < -0.3 is 10.6 Å². The van der Waals surface area contributed by atoms with Crippen molar-refractivity contribution in [1.82, 2.24) is 9.71 Å². The van der Waals surface area contributed by atoms with Crippen molar-refractivity contribution in [2.24, 2.45) is 0 Å². The van der Waals surface area contributed by atoms with Gasteiger partial charge in [-0.3, -0.25) is 4.79 Å². The van der Waals surface area contributed by atoms with Crippen molar-refractivity contribution in [3.05, 3.63) is 77.5 Å². The van der Waals surface area contributed by atoms with E-state index in [0.29, 0.717) is 24.3 Å². The molecule has 0 saturated carbocycles. The Morgan fingerprint density at radius 3 is 2.62 bits per heavy atom. The minimum Gasteiger partial charge on any atom is -0.338 e. The number of sulfonamides is 1. The molecular formula is C26H30N4O3S.